The molecule has 0 radical (unpaired) electrons. The van der Waals surface area contributed by atoms with E-state index in [1.165, 1.54) is 4.90 Å². The van der Waals surface area contributed by atoms with Crippen LogP contribution in [0.15, 0.2) is 90.3 Å². The molecule has 3 unspecified atom stereocenters. The first kappa shape index (κ1) is 25.5. The second-order valence-electron chi connectivity index (χ2n) is 9.57. The van der Waals surface area contributed by atoms with Crippen molar-refractivity contribution in [2.45, 2.75) is 36.7 Å². The number of fused-ring (bicyclic) bond motifs is 1. The molecular formula is C30H27N3O5S. The van der Waals surface area contributed by atoms with E-state index in [0.717, 1.165) is 16.3 Å². The first-order valence-electron chi connectivity index (χ1n) is 12.7. The van der Waals surface area contributed by atoms with Gasteiger partial charge in [-0.3, -0.25) is 9.59 Å². The molecule has 1 aromatic heterocycles. The summed E-state index contributed by atoms with van der Waals surface area (Å²) in [6.07, 6.45) is 3.23. The second kappa shape index (κ2) is 10.8. The molecule has 39 heavy (non-hydrogen) atoms. The minimum absolute atomic E-state index is 0.0227. The Morgan fingerprint density at radius 3 is 2.36 bits per heavy atom. The van der Waals surface area contributed by atoms with E-state index < -0.39 is 6.29 Å². The summed E-state index contributed by atoms with van der Waals surface area (Å²) in [7, 11) is 1.96. The van der Waals surface area contributed by atoms with Gasteiger partial charge in [-0.15, -0.1) is 0 Å². The summed E-state index contributed by atoms with van der Waals surface area (Å²) in [5, 5.41) is 10.4. The fourth-order valence-corrected chi connectivity index (χ4v) is 5.86. The van der Waals surface area contributed by atoms with E-state index in [-0.39, 0.29) is 30.6 Å². The first-order valence-corrected chi connectivity index (χ1v) is 13.7. The van der Waals surface area contributed by atoms with Crippen LogP contribution in [0.2, 0.25) is 0 Å². The Kier molecular flexibility index (Phi) is 7.05. The minimum Gasteiger partial charge on any atom is -0.392 e. The Morgan fingerprint density at radius 2 is 1.69 bits per heavy atom. The van der Waals surface area contributed by atoms with Crippen LogP contribution in [0.25, 0.3) is 0 Å². The van der Waals surface area contributed by atoms with Crippen molar-refractivity contribution >= 4 is 29.3 Å². The highest BCUT2D eigenvalue weighted by Gasteiger charge is 2.37. The number of ether oxygens (including phenoxy) is 2. The number of hydrogen-bond donors (Lipinski definition) is 1. The average molecular weight is 542 g/mol. The number of aliphatic hydroxyl groups excluding tert-OH is 1. The summed E-state index contributed by atoms with van der Waals surface area (Å²) in [6, 6.07) is 21.8. The maximum absolute atomic E-state index is 13.1. The molecule has 8 nitrogen and oxygen atoms in total. The van der Waals surface area contributed by atoms with Gasteiger partial charge in [0.05, 0.1) is 35.6 Å². The van der Waals surface area contributed by atoms with Gasteiger partial charge in [0, 0.05) is 37.2 Å². The standard InChI is InChI=1S/C30H27N3O5S/c1-32-14-13-31-30(32)39-18-23-16-26(20-11-9-19(17-34)10-12-20)38-29(37-23)21-5-4-6-22(15-21)33-27(35)24-7-2-3-8-25(24)28(33)36/h2-15,23,26,29,34H,16-18H2,1H3. The van der Waals surface area contributed by atoms with Gasteiger partial charge in [0.25, 0.3) is 11.8 Å². The zero-order chi connectivity index (χ0) is 26.9. The zero-order valence-corrected chi connectivity index (χ0v) is 22.1. The lowest BCUT2D eigenvalue weighted by atomic mass is 10.0. The average Bonchev–Trinajstić information content (AvgIpc) is 3.51. The predicted molar refractivity (Wildman–Crippen MR) is 146 cm³/mol. The number of rotatable bonds is 7. The van der Waals surface area contributed by atoms with Gasteiger partial charge < -0.3 is 19.1 Å². The molecule has 3 atom stereocenters. The summed E-state index contributed by atoms with van der Waals surface area (Å²) >= 11 is 1.62. The number of aromatic nitrogens is 2. The lowest BCUT2D eigenvalue weighted by Crippen LogP contribution is -2.32. The molecule has 6 rings (SSSR count). The van der Waals surface area contributed by atoms with Crippen molar-refractivity contribution in [1.82, 2.24) is 9.55 Å². The molecule has 2 aliphatic heterocycles. The second-order valence-corrected chi connectivity index (χ2v) is 10.6. The van der Waals surface area contributed by atoms with Crippen LogP contribution in [0, 0.1) is 0 Å². The highest BCUT2D eigenvalue weighted by molar-refractivity contribution is 7.99. The van der Waals surface area contributed by atoms with Gasteiger partial charge >= 0.3 is 0 Å². The zero-order valence-electron chi connectivity index (χ0n) is 21.3. The molecule has 0 saturated carbocycles. The van der Waals surface area contributed by atoms with Crippen LogP contribution in [-0.4, -0.2) is 38.3 Å². The van der Waals surface area contributed by atoms with Crippen molar-refractivity contribution in [3.05, 3.63) is 113 Å². The van der Waals surface area contributed by atoms with Gasteiger partial charge in [-0.05, 0) is 35.4 Å². The third-order valence-corrected chi connectivity index (χ3v) is 8.17. The predicted octanol–water partition coefficient (Wildman–Crippen LogP) is 5.05. The number of thioether (sulfide) groups is 1. The Morgan fingerprint density at radius 1 is 0.949 bits per heavy atom. The van der Waals surface area contributed by atoms with E-state index in [2.05, 4.69) is 4.98 Å². The van der Waals surface area contributed by atoms with E-state index in [0.29, 0.717) is 34.6 Å². The number of amides is 2. The van der Waals surface area contributed by atoms with E-state index in [9.17, 15) is 14.7 Å². The summed E-state index contributed by atoms with van der Waals surface area (Å²) < 4.78 is 14.9. The van der Waals surface area contributed by atoms with Gasteiger partial charge in [-0.1, -0.05) is 60.3 Å². The van der Waals surface area contributed by atoms with Crippen LogP contribution in [0.3, 0.4) is 0 Å². The van der Waals surface area contributed by atoms with Gasteiger partial charge in [-0.2, -0.15) is 0 Å². The molecular weight excluding hydrogens is 514 g/mol. The summed E-state index contributed by atoms with van der Waals surface area (Å²) in [6.45, 7) is -0.0227. The molecule has 3 aromatic carbocycles. The molecule has 0 spiro atoms. The van der Waals surface area contributed by atoms with Crippen molar-refractivity contribution in [1.29, 1.82) is 0 Å². The van der Waals surface area contributed by atoms with Crippen molar-refractivity contribution in [2.75, 3.05) is 10.7 Å². The number of benzene rings is 3. The van der Waals surface area contributed by atoms with Crippen LogP contribution in [0.5, 0.6) is 0 Å². The number of aryl methyl sites for hydroxylation is 1. The topological polar surface area (TPSA) is 93.9 Å². The first-order chi connectivity index (χ1) is 19.0. The van der Waals surface area contributed by atoms with Crippen LogP contribution in [0.1, 0.15) is 56.2 Å². The maximum Gasteiger partial charge on any atom is 0.266 e. The smallest absolute Gasteiger partial charge is 0.266 e. The van der Waals surface area contributed by atoms with E-state index in [1.54, 1.807) is 60.4 Å². The quantitative estimate of drug-likeness (QED) is 0.258. The van der Waals surface area contributed by atoms with E-state index in [4.69, 9.17) is 9.47 Å². The lowest BCUT2D eigenvalue weighted by molar-refractivity contribution is -0.245. The lowest BCUT2D eigenvalue weighted by Gasteiger charge is -2.36. The van der Waals surface area contributed by atoms with Gasteiger partial charge in [0.1, 0.15) is 0 Å². The fourth-order valence-electron chi connectivity index (χ4n) is 4.92. The van der Waals surface area contributed by atoms with Crippen LogP contribution >= 0.6 is 11.8 Å². The fraction of sp³-hybridized carbons (Fsp3) is 0.233. The van der Waals surface area contributed by atoms with E-state index in [1.807, 2.05) is 48.1 Å². The Hall–Kier alpha value is -3.76. The van der Waals surface area contributed by atoms with Crippen LogP contribution < -0.4 is 4.90 Å². The number of aliphatic hydroxyl groups is 1. The van der Waals surface area contributed by atoms with Crippen LogP contribution in [0.4, 0.5) is 5.69 Å². The molecule has 0 bridgehead atoms. The highest BCUT2D eigenvalue weighted by atomic mass is 32.2. The van der Waals surface area contributed by atoms with Gasteiger partial charge in [0.2, 0.25) is 0 Å². The number of carbonyl (C=O) groups is 2. The van der Waals surface area contributed by atoms with Crippen molar-refractivity contribution in [3.63, 3.8) is 0 Å². The number of hydrogen-bond acceptors (Lipinski definition) is 7. The Bertz CT molecular complexity index is 1480. The summed E-state index contributed by atoms with van der Waals surface area (Å²) in [4.78, 5) is 31.8. The minimum atomic E-state index is -0.705. The number of imide groups is 1. The highest BCUT2D eigenvalue weighted by Crippen LogP contribution is 2.40. The summed E-state index contributed by atoms with van der Waals surface area (Å²) in [5.41, 5.74) is 3.81. The van der Waals surface area contributed by atoms with Crippen LogP contribution in [-0.2, 0) is 23.1 Å². The Balaban J connectivity index is 1.28. The van der Waals surface area contributed by atoms with Crippen molar-refractivity contribution < 1.29 is 24.2 Å². The molecule has 198 valence electrons. The third-order valence-electron chi connectivity index (χ3n) is 6.98. The van der Waals surface area contributed by atoms with Gasteiger partial charge in [-0.25, -0.2) is 9.88 Å². The number of imidazole rings is 1. The summed E-state index contributed by atoms with van der Waals surface area (Å²) in [5.74, 6) is -0.0116. The molecule has 1 saturated heterocycles. The monoisotopic (exact) mass is 541 g/mol. The maximum atomic E-state index is 13.1. The number of nitrogens with zero attached hydrogens (tertiary/aromatic N) is 3. The molecule has 2 amide bonds. The molecule has 1 N–H and O–H groups in total. The molecule has 2 aliphatic rings. The van der Waals surface area contributed by atoms with E-state index >= 15 is 0 Å². The third kappa shape index (κ3) is 5.02. The molecule has 4 aromatic rings. The van der Waals surface area contributed by atoms with Crippen molar-refractivity contribution in [2.24, 2.45) is 7.05 Å². The molecule has 0 aliphatic carbocycles. The van der Waals surface area contributed by atoms with Gasteiger partial charge in [0.15, 0.2) is 11.4 Å². The molecule has 3 heterocycles. The number of anilines is 1. The molecule has 9 heteroatoms. The SMILES string of the molecule is Cn1ccnc1SCC1CC(c2ccc(CO)cc2)OC(c2cccc(N3C(=O)c4ccccc4C3=O)c2)O1. The largest absolute Gasteiger partial charge is 0.392 e. The van der Waals surface area contributed by atoms with Crippen molar-refractivity contribution in [3.8, 4) is 0 Å². The normalized spacial score (nSPS) is 20.9. The Labute approximate surface area is 230 Å². The number of carbonyl (C=O) groups excluding carboxylic acids is 2. The molecule has 1 fully saturated rings.